The molecule has 9 heteroatoms. The van der Waals surface area contributed by atoms with E-state index in [1.54, 1.807) is 6.07 Å². The Labute approximate surface area is 171 Å². The number of carbonyl (C=O) groups is 1. The molecule has 4 rings (SSSR count). The zero-order chi connectivity index (χ0) is 19.8. The average Bonchev–Trinajstić information content (AvgIpc) is 2.95. The van der Waals surface area contributed by atoms with Crippen molar-refractivity contribution >= 4 is 40.5 Å². The Bertz CT molecular complexity index is 1000. The van der Waals surface area contributed by atoms with Crippen LogP contribution in [0.1, 0.15) is 24.8 Å². The predicted octanol–water partition coefficient (Wildman–Crippen LogP) is 4.02. The van der Waals surface area contributed by atoms with Gasteiger partial charge >= 0.3 is 0 Å². The highest BCUT2D eigenvalue weighted by molar-refractivity contribution is 7.80. The van der Waals surface area contributed by atoms with Crippen molar-refractivity contribution in [2.24, 2.45) is 0 Å². The van der Waals surface area contributed by atoms with E-state index in [1.165, 1.54) is 23.2 Å². The molecule has 3 heterocycles. The molecule has 0 aliphatic carbocycles. The number of piperidine rings is 1. The summed E-state index contributed by atoms with van der Waals surface area (Å²) in [6.07, 6.45) is 4.02. The lowest BCUT2D eigenvalue weighted by atomic mass is 10.0. The van der Waals surface area contributed by atoms with E-state index in [2.05, 4.69) is 4.98 Å². The van der Waals surface area contributed by atoms with E-state index in [-0.39, 0.29) is 45.0 Å². The van der Waals surface area contributed by atoms with Gasteiger partial charge < -0.3 is 9.64 Å². The Balaban J connectivity index is 1.73. The number of hydrogen-bond acceptors (Lipinski definition) is 5. The molecule has 6 nitrogen and oxygen atoms in total. The number of aromatic nitrogens is 1. The first-order valence-corrected chi connectivity index (χ1v) is 9.46. The minimum absolute atomic E-state index is 0.00826. The predicted molar refractivity (Wildman–Crippen MR) is 105 cm³/mol. The molecule has 0 N–H and O–H groups in total. The highest BCUT2D eigenvalue weighted by Crippen LogP contribution is 2.38. The molecule has 0 spiro atoms. The Morgan fingerprint density at radius 2 is 2.21 bits per heavy atom. The molecule has 2 aliphatic rings. The molecule has 142 valence electrons. The van der Waals surface area contributed by atoms with Crippen LogP contribution in [0.15, 0.2) is 30.5 Å². The molecule has 1 amide bonds. The van der Waals surface area contributed by atoms with Crippen LogP contribution in [0.3, 0.4) is 0 Å². The molecule has 0 radical (unpaired) electrons. The van der Waals surface area contributed by atoms with Crippen LogP contribution in [0.5, 0.6) is 11.6 Å². The van der Waals surface area contributed by atoms with E-state index in [0.29, 0.717) is 13.0 Å². The normalized spacial score (nSPS) is 18.8. The second-order valence-electron chi connectivity index (χ2n) is 6.47. The number of nitriles is 1. The van der Waals surface area contributed by atoms with Crippen LogP contribution in [0.4, 0.5) is 10.1 Å². The van der Waals surface area contributed by atoms with Crippen LogP contribution >= 0.6 is 23.8 Å². The van der Waals surface area contributed by atoms with Gasteiger partial charge in [0.2, 0.25) is 5.88 Å². The summed E-state index contributed by atoms with van der Waals surface area (Å²) in [5.74, 6) is -0.826. The SMILES string of the molecule is N#Cc1cccnc1Oc1cc(N2C(=O)C3CCCCN3C2=S)c(F)cc1Cl. The van der Waals surface area contributed by atoms with Crippen molar-refractivity contribution in [2.45, 2.75) is 25.3 Å². The monoisotopic (exact) mass is 416 g/mol. The number of fused-ring (bicyclic) bond motifs is 1. The van der Waals surface area contributed by atoms with Crippen molar-refractivity contribution in [3.8, 4) is 17.7 Å². The molecule has 2 saturated heterocycles. The highest BCUT2D eigenvalue weighted by atomic mass is 35.5. The van der Waals surface area contributed by atoms with Gasteiger partial charge in [-0.3, -0.25) is 9.69 Å². The Kier molecular flexibility index (Phi) is 4.87. The lowest BCUT2D eigenvalue weighted by molar-refractivity contribution is -0.120. The molecule has 0 bridgehead atoms. The van der Waals surface area contributed by atoms with Gasteiger partial charge in [0.05, 0.1) is 10.7 Å². The molecule has 2 fully saturated rings. The van der Waals surface area contributed by atoms with E-state index < -0.39 is 5.82 Å². The highest BCUT2D eigenvalue weighted by Gasteiger charge is 2.45. The molecule has 1 aromatic heterocycles. The summed E-state index contributed by atoms with van der Waals surface area (Å²) in [5.41, 5.74) is 0.174. The Morgan fingerprint density at radius 1 is 1.39 bits per heavy atom. The topological polar surface area (TPSA) is 69.5 Å². The van der Waals surface area contributed by atoms with Crippen molar-refractivity contribution in [3.63, 3.8) is 0 Å². The third-order valence-electron chi connectivity index (χ3n) is 4.79. The number of pyridine rings is 1. The molecule has 2 aliphatic heterocycles. The van der Waals surface area contributed by atoms with Crippen molar-refractivity contribution in [1.29, 1.82) is 5.26 Å². The van der Waals surface area contributed by atoms with Crippen molar-refractivity contribution < 1.29 is 13.9 Å². The smallest absolute Gasteiger partial charge is 0.256 e. The second kappa shape index (κ2) is 7.34. The number of halogens is 2. The Morgan fingerprint density at radius 3 is 2.96 bits per heavy atom. The largest absolute Gasteiger partial charge is 0.436 e. The van der Waals surface area contributed by atoms with E-state index in [9.17, 15) is 14.4 Å². The number of amides is 1. The average molecular weight is 417 g/mol. The summed E-state index contributed by atoms with van der Waals surface area (Å²) in [7, 11) is 0. The molecule has 28 heavy (non-hydrogen) atoms. The van der Waals surface area contributed by atoms with E-state index in [4.69, 9.17) is 28.6 Å². The lowest BCUT2D eigenvalue weighted by Gasteiger charge is -2.27. The van der Waals surface area contributed by atoms with Crippen LogP contribution in [0, 0.1) is 17.1 Å². The summed E-state index contributed by atoms with van der Waals surface area (Å²) >= 11 is 11.6. The van der Waals surface area contributed by atoms with Crippen LogP contribution in [0.25, 0.3) is 0 Å². The first-order valence-electron chi connectivity index (χ1n) is 8.68. The maximum Gasteiger partial charge on any atom is 0.256 e. The van der Waals surface area contributed by atoms with Crippen LogP contribution < -0.4 is 9.64 Å². The molecular formula is C19H14ClFN4O2S. The molecule has 1 aromatic carbocycles. The van der Waals surface area contributed by atoms with Gasteiger partial charge in [0.1, 0.15) is 29.2 Å². The number of hydrogen-bond donors (Lipinski definition) is 0. The number of anilines is 1. The standard InChI is InChI=1S/C19H14ClFN4O2S/c20-12-8-13(21)15(9-16(12)27-17-11(10-22)4-3-6-23-17)25-18(26)14-5-1-2-7-24(14)19(25)28/h3-4,6,8-9,14H,1-2,5,7H2. The van der Waals surface area contributed by atoms with Gasteiger partial charge in [0, 0.05) is 18.8 Å². The maximum atomic E-state index is 14.7. The minimum Gasteiger partial charge on any atom is -0.436 e. The molecule has 0 saturated carbocycles. The maximum absolute atomic E-state index is 14.7. The number of ether oxygens (including phenoxy) is 1. The fourth-order valence-corrected chi connectivity index (χ4v) is 4.04. The van der Waals surface area contributed by atoms with Gasteiger partial charge in [-0.1, -0.05) is 11.6 Å². The Hall–Kier alpha value is -2.76. The van der Waals surface area contributed by atoms with Gasteiger partial charge in [0.25, 0.3) is 5.91 Å². The zero-order valence-corrected chi connectivity index (χ0v) is 16.1. The lowest BCUT2D eigenvalue weighted by Crippen LogP contribution is -2.38. The summed E-state index contributed by atoms with van der Waals surface area (Å²) in [6, 6.07) is 7.12. The number of rotatable bonds is 3. The van der Waals surface area contributed by atoms with Crippen LogP contribution in [-0.4, -0.2) is 33.5 Å². The first-order chi connectivity index (χ1) is 13.5. The third-order valence-corrected chi connectivity index (χ3v) is 5.50. The van der Waals surface area contributed by atoms with Crippen molar-refractivity contribution in [2.75, 3.05) is 11.4 Å². The molecule has 1 unspecified atom stereocenters. The van der Waals surface area contributed by atoms with Crippen LogP contribution in [-0.2, 0) is 4.79 Å². The minimum atomic E-state index is -0.686. The van der Waals surface area contributed by atoms with Gasteiger partial charge in [-0.15, -0.1) is 0 Å². The summed E-state index contributed by atoms with van der Waals surface area (Å²) < 4.78 is 20.4. The summed E-state index contributed by atoms with van der Waals surface area (Å²) in [6.45, 7) is 0.670. The number of benzene rings is 1. The molecule has 1 atom stereocenters. The van der Waals surface area contributed by atoms with Crippen LogP contribution in [0.2, 0.25) is 5.02 Å². The summed E-state index contributed by atoms with van der Waals surface area (Å²) in [4.78, 5) is 19.9. The van der Waals surface area contributed by atoms with Crippen molar-refractivity contribution in [1.82, 2.24) is 9.88 Å². The van der Waals surface area contributed by atoms with E-state index in [0.717, 1.165) is 18.9 Å². The van der Waals surface area contributed by atoms with E-state index in [1.807, 2.05) is 11.0 Å². The quantitative estimate of drug-likeness (QED) is 0.704. The molecular weight excluding hydrogens is 403 g/mol. The fourth-order valence-electron chi connectivity index (χ4n) is 3.44. The summed E-state index contributed by atoms with van der Waals surface area (Å²) in [5, 5.41) is 9.45. The van der Waals surface area contributed by atoms with Gasteiger partial charge in [-0.2, -0.15) is 5.26 Å². The van der Waals surface area contributed by atoms with Crippen molar-refractivity contribution in [3.05, 3.63) is 46.9 Å². The second-order valence-corrected chi connectivity index (χ2v) is 7.24. The van der Waals surface area contributed by atoms with Gasteiger partial charge in [-0.05, 0) is 49.7 Å². The first kappa shape index (κ1) is 18.6. The van der Waals surface area contributed by atoms with Gasteiger partial charge in [-0.25, -0.2) is 9.37 Å². The number of carbonyl (C=O) groups excluding carboxylic acids is 1. The van der Waals surface area contributed by atoms with E-state index >= 15 is 0 Å². The number of nitrogens with zero attached hydrogens (tertiary/aromatic N) is 4. The third kappa shape index (κ3) is 3.07. The molecule has 2 aromatic rings. The number of thiocarbonyl (C=S) groups is 1. The fraction of sp³-hybridized carbons (Fsp3) is 0.263. The zero-order valence-electron chi connectivity index (χ0n) is 14.6. The van der Waals surface area contributed by atoms with Gasteiger partial charge in [0.15, 0.2) is 5.11 Å².